The molecule has 4 nitrogen and oxygen atoms in total. The molecule has 2 fully saturated rings. The van der Waals surface area contributed by atoms with Crippen molar-refractivity contribution in [2.45, 2.75) is 63.8 Å². The van der Waals surface area contributed by atoms with Crippen LogP contribution in [0.3, 0.4) is 0 Å². The van der Waals surface area contributed by atoms with Gasteiger partial charge in [-0.15, -0.1) is 0 Å². The van der Waals surface area contributed by atoms with Gasteiger partial charge in [-0.05, 0) is 26.2 Å². The van der Waals surface area contributed by atoms with Crippen molar-refractivity contribution >= 4 is 5.82 Å². The van der Waals surface area contributed by atoms with Crippen LogP contribution < -0.4 is 4.90 Å². The third-order valence-corrected chi connectivity index (χ3v) is 4.92. The number of rotatable bonds is 4. The Labute approximate surface area is 127 Å². The highest BCUT2D eigenvalue weighted by Crippen LogP contribution is 2.28. The molecule has 1 saturated heterocycles. The molecule has 21 heavy (non-hydrogen) atoms. The van der Waals surface area contributed by atoms with Gasteiger partial charge in [0.25, 0.3) is 0 Å². The maximum absolute atomic E-state index is 5.50. The molecule has 0 bridgehead atoms. The summed E-state index contributed by atoms with van der Waals surface area (Å²) in [6, 6.07) is 2.85. The maximum atomic E-state index is 5.50. The van der Waals surface area contributed by atoms with Crippen LogP contribution in [0.1, 0.15) is 63.5 Å². The van der Waals surface area contributed by atoms with Crippen molar-refractivity contribution in [1.29, 1.82) is 0 Å². The number of hydrogen-bond acceptors (Lipinski definition) is 4. The molecule has 1 atom stereocenters. The number of ether oxygens (including phenoxy) is 1. The predicted molar refractivity (Wildman–Crippen MR) is 84.7 cm³/mol. The van der Waals surface area contributed by atoms with E-state index in [1.165, 1.54) is 38.5 Å². The lowest BCUT2D eigenvalue weighted by molar-refractivity contribution is 0.193. The molecule has 1 saturated carbocycles. The molecule has 1 aromatic rings. The Morgan fingerprint density at radius 3 is 2.62 bits per heavy atom. The Bertz CT molecular complexity index is 437. The molecule has 0 aromatic carbocycles. The van der Waals surface area contributed by atoms with Crippen LogP contribution in [0.25, 0.3) is 0 Å². The lowest BCUT2D eigenvalue weighted by Gasteiger charge is -2.31. The van der Waals surface area contributed by atoms with Gasteiger partial charge in [-0.1, -0.05) is 25.7 Å². The van der Waals surface area contributed by atoms with Crippen LogP contribution in [0.5, 0.6) is 0 Å². The van der Waals surface area contributed by atoms with Crippen molar-refractivity contribution in [1.82, 2.24) is 9.97 Å². The van der Waals surface area contributed by atoms with E-state index >= 15 is 0 Å². The van der Waals surface area contributed by atoms with E-state index in [-0.39, 0.29) is 0 Å². The molecule has 116 valence electrons. The predicted octanol–water partition coefficient (Wildman–Crippen LogP) is 3.53. The van der Waals surface area contributed by atoms with E-state index in [0.717, 1.165) is 37.7 Å². The van der Waals surface area contributed by atoms with Crippen molar-refractivity contribution < 1.29 is 4.74 Å². The van der Waals surface area contributed by atoms with Crippen molar-refractivity contribution in [2.75, 3.05) is 24.7 Å². The minimum absolute atomic E-state index is 0.458. The highest BCUT2D eigenvalue weighted by molar-refractivity contribution is 5.41. The van der Waals surface area contributed by atoms with Crippen molar-refractivity contribution in [3.63, 3.8) is 0 Å². The molecule has 0 amide bonds. The molecule has 1 unspecified atom stereocenters. The summed E-state index contributed by atoms with van der Waals surface area (Å²) in [5, 5.41) is 0. The standard InChI is InChI=1S/C17H27N3O/c1-2-20(15-7-5-3-4-6-8-15)17-11-16(18-13-19-17)14-9-10-21-12-14/h11,13-15H,2-10,12H2,1H3. The first-order valence-electron chi connectivity index (χ1n) is 8.55. The maximum Gasteiger partial charge on any atom is 0.132 e. The van der Waals surface area contributed by atoms with Crippen molar-refractivity contribution in [2.24, 2.45) is 0 Å². The van der Waals surface area contributed by atoms with Gasteiger partial charge < -0.3 is 9.64 Å². The number of hydrogen-bond donors (Lipinski definition) is 0. The van der Waals surface area contributed by atoms with E-state index in [4.69, 9.17) is 4.74 Å². The summed E-state index contributed by atoms with van der Waals surface area (Å²) in [6.45, 7) is 4.95. The number of anilines is 1. The van der Waals surface area contributed by atoms with Gasteiger partial charge >= 0.3 is 0 Å². The summed E-state index contributed by atoms with van der Waals surface area (Å²) >= 11 is 0. The third-order valence-electron chi connectivity index (χ3n) is 4.92. The molecule has 1 aliphatic carbocycles. The Hall–Kier alpha value is -1.16. The van der Waals surface area contributed by atoms with Crippen molar-refractivity contribution in [3.8, 4) is 0 Å². The smallest absolute Gasteiger partial charge is 0.132 e. The quantitative estimate of drug-likeness (QED) is 0.795. The SMILES string of the molecule is CCN(c1cc(C2CCOC2)ncn1)C1CCCCCC1. The second kappa shape index (κ2) is 7.21. The summed E-state index contributed by atoms with van der Waals surface area (Å²) in [7, 11) is 0. The minimum Gasteiger partial charge on any atom is -0.381 e. The fourth-order valence-corrected chi connectivity index (χ4v) is 3.69. The molecule has 0 radical (unpaired) electrons. The molecule has 0 N–H and O–H groups in total. The Morgan fingerprint density at radius 1 is 1.14 bits per heavy atom. The van der Waals surface area contributed by atoms with E-state index in [9.17, 15) is 0 Å². The van der Waals surface area contributed by atoms with Crippen LogP contribution in [-0.4, -0.2) is 35.8 Å². The molecule has 1 aromatic heterocycles. The molecule has 3 rings (SSSR count). The van der Waals surface area contributed by atoms with Crippen LogP contribution in [0.4, 0.5) is 5.82 Å². The fraction of sp³-hybridized carbons (Fsp3) is 0.765. The van der Waals surface area contributed by atoms with E-state index in [1.54, 1.807) is 6.33 Å². The molecule has 1 aliphatic heterocycles. The van der Waals surface area contributed by atoms with Gasteiger partial charge in [0, 0.05) is 31.2 Å². The van der Waals surface area contributed by atoms with E-state index < -0.39 is 0 Å². The van der Waals surface area contributed by atoms with Gasteiger partial charge in [0.05, 0.1) is 12.3 Å². The van der Waals surface area contributed by atoms with Gasteiger partial charge in [0.2, 0.25) is 0 Å². The lowest BCUT2D eigenvalue weighted by Crippen LogP contribution is -2.35. The zero-order chi connectivity index (χ0) is 14.5. The molecule has 0 spiro atoms. The lowest BCUT2D eigenvalue weighted by atomic mass is 10.0. The summed E-state index contributed by atoms with van der Waals surface area (Å²) in [6.07, 6.45) is 10.9. The Kier molecular flexibility index (Phi) is 5.07. The van der Waals surface area contributed by atoms with Crippen molar-refractivity contribution in [3.05, 3.63) is 18.1 Å². The Balaban J connectivity index is 1.77. The second-order valence-electron chi connectivity index (χ2n) is 6.29. The van der Waals surface area contributed by atoms with Gasteiger partial charge in [-0.2, -0.15) is 0 Å². The fourth-order valence-electron chi connectivity index (χ4n) is 3.69. The van der Waals surface area contributed by atoms with E-state index in [2.05, 4.69) is 27.9 Å². The van der Waals surface area contributed by atoms with Crippen LogP contribution in [0.2, 0.25) is 0 Å². The summed E-state index contributed by atoms with van der Waals surface area (Å²) in [4.78, 5) is 11.5. The summed E-state index contributed by atoms with van der Waals surface area (Å²) in [5.74, 6) is 1.57. The zero-order valence-electron chi connectivity index (χ0n) is 13.1. The number of nitrogens with zero attached hydrogens (tertiary/aromatic N) is 3. The molecule has 2 aliphatic rings. The van der Waals surface area contributed by atoms with Crippen LogP contribution >= 0.6 is 0 Å². The average molecular weight is 289 g/mol. The second-order valence-corrected chi connectivity index (χ2v) is 6.29. The normalized spacial score (nSPS) is 24.0. The first-order valence-corrected chi connectivity index (χ1v) is 8.55. The van der Waals surface area contributed by atoms with Crippen LogP contribution in [0.15, 0.2) is 12.4 Å². The van der Waals surface area contributed by atoms with Crippen LogP contribution in [-0.2, 0) is 4.74 Å². The highest BCUT2D eigenvalue weighted by atomic mass is 16.5. The summed E-state index contributed by atoms with van der Waals surface area (Å²) in [5.41, 5.74) is 1.16. The molecular formula is C17H27N3O. The minimum atomic E-state index is 0.458. The highest BCUT2D eigenvalue weighted by Gasteiger charge is 2.23. The van der Waals surface area contributed by atoms with Gasteiger partial charge in [0.15, 0.2) is 0 Å². The molecule has 4 heteroatoms. The van der Waals surface area contributed by atoms with Gasteiger partial charge in [-0.3, -0.25) is 0 Å². The molecular weight excluding hydrogens is 262 g/mol. The Morgan fingerprint density at radius 2 is 1.95 bits per heavy atom. The molecule has 2 heterocycles. The van der Waals surface area contributed by atoms with Crippen LogP contribution in [0, 0.1) is 0 Å². The topological polar surface area (TPSA) is 38.2 Å². The largest absolute Gasteiger partial charge is 0.381 e. The number of aromatic nitrogens is 2. The third kappa shape index (κ3) is 3.54. The average Bonchev–Trinajstić information content (AvgIpc) is 2.93. The van der Waals surface area contributed by atoms with E-state index in [1.807, 2.05) is 0 Å². The first-order chi connectivity index (χ1) is 10.4. The zero-order valence-corrected chi connectivity index (χ0v) is 13.1. The summed E-state index contributed by atoms with van der Waals surface area (Å²) < 4.78 is 5.50. The monoisotopic (exact) mass is 289 g/mol. The van der Waals surface area contributed by atoms with Gasteiger partial charge in [0.1, 0.15) is 12.1 Å². The first kappa shape index (κ1) is 14.8. The van der Waals surface area contributed by atoms with Gasteiger partial charge in [-0.25, -0.2) is 9.97 Å². The van der Waals surface area contributed by atoms with E-state index in [0.29, 0.717) is 12.0 Å².